The van der Waals surface area contributed by atoms with Crippen LogP contribution in [-0.2, 0) is 12.8 Å². The first kappa shape index (κ1) is 22.0. The third-order valence-corrected chi connectivity index (χ3v) is 4.75. The topological polar surface area (TPSA) is 34.0 Å². The van der Waals surface area contributed by atoms with Crippen molar-refractivity contribution in [3.05, 3.63) is 59.7 Å². The maximum atomic E-state index is 6.06. The second-order valence-corrected chi connectivity index (χ2v) is 6.93. The van der Waals surface area contributed by atoms with Gasteiger partial charge >= 0.3 is 0 Å². The summed E-state index contributed by atoms with van der Waals surface area (Å²) in [6, 6.07) is 12.1. The van der Waals surface area contributed by atoms with E-state index < -0.39 is 0 Å². The molecule has 148 valence electrons. The van der Waals surface area contributed by atoms with Gasteiger partial charge in [0.2, 0.25) is 0 Å². The third kappa shape index (κ3) is 6.14. The molecule has 0 aliphatic rings. The first-order valence-corrected chi connectivity index (χ1v) is 10.7. The average molecular weight is 394 g/mol. The van der Waals surface area contributed by atoms with Crippen LogP contribution >= 0.6 is 9.24 Å². The van der Waals surface area contributed by atoms with Crippen LogP contribution in [-0.4, -0.2) is 12.2 Å². The smallest absolute Gasteiger partial charge is 0.129 e. The number of ether oxygens (including phenoxy) is 1. The largest absolute Gasteiger partial charge is 0.457 e. The SMILES string of the molecule is C=C(Oc1cccc(N=CP)c1)c1cc(CC)c(CCCCC)cc1N=CC. The van der Waals surface area contributed by atoms with Crippen molar-refractivity contribution >= 4 is 38.5 Å². The van der Waals surface area contributed by atoms with Gasteiger partial charge in [0, 0.05) is 23.8 Å². The molecule has 0 N–H and O–H groups in total. The van der Waals surface area contributed by atoms with Gasteiger partial charge in [-0.25, -0.2) is 0 Å². The molecule has 2 aromatic rings. The van der Waals surface area contributed by atoms with E-state index in [0.717, 1.165) is 35.5 Å². The van der Waals surface area contributed by atoms with Crippen molar-refractivity contribution < 1.29 is 4.74 Å². The van der Waals surface area contributed by atoms with E-state index in [0.29, 0.717) is 5.76 Å². The molecule has 2 aromatic carbocycles. The van der Waals surface area contributed by atoms with E-state index in [1.54, 1.807) is 5.96 Å². The Morgan fingerprint density at radius 3 is 2.61 bits per heavy atom. The minimum absolute atomic E-state index is 0.599. The Kier molecular flexibility index (Phi) is 9.10. The van der Waals surface area contributed by atoms with Crippen molar-refractivity contribution in [3.63, 3.8) is 0 Å². The molecule has 3 nitrogen and oxygen atoms in total. The first-order valence-electron chi connectivity index (χ1n) is 9.98. The molecule has 0 aliphatic heterocycles. The van der Waals surface area contributed by atoms with Crippen LogP contribution < -0.4 is 4.74 Å². The molecule has 0 bridgehead atoms. The lowest BCUT2D eigenvalue weighted by Crippen LogP contribution is -2.00. The average Bonchev–Trinajstić information content (AvgIpc) is 2.69. The summed E-state index contributed by atoms with van der Waals surface area (Å²) in [4.78, 5) is 8.86. The van der Waals surface area contributed by atoms with Gasteiger partial charge in [-0.3, -0.25) is 9.98 Å². The highest BCUT2D eigenvalue weighted by Gasteiger charge is 2.13. The first-order chi connectivity index (χ1) is 13.6. The standard InChI is InChI=1S/C24H31N2OP/c1-5-8-9-11-20-15-24(25-7-3)23(14-19(20)6-2)18(4)27-22-13-10-12-21(16-22)26-17-28/h7,10,12-17H,4-6,8-9,11,28H2,1-3H3. The number of rotatable bonds is 10. The Bertz CT molecular complexity index is 856. The molecule has 0 saturated carbocycles. The molecular formula is C24H31N2OP. The molecule has 0 spiro atoms. The van der Waals surface area contributed by atoms with Gasteiger partial charge < -0.3 is 4.74 Å². The molecule has 0 fully saturated rings. The van der Waals surface area contributed by atoms with E-state index in [1.165, 1.54) is 30.4 Å². The van der Waals surface area contributed by atoms with E-state index >= 15 is 0 Å². The molecule has 0 aromatic heterocycles. The molecule has 0 heterocycles. The van der Waals surface area contributed by atoms with Gasteiger partial charge in [0.1, 0.15) is 11.5 Å². The highest BCUT2D eigenvalue weighted by molar-refractivity contribution is 7.36. The highest BCUT2D eigenvalue weighted by atomic mass is 31.0. The van der Waals surface area contributed by atoms with Crippen LogP contribution in [0.15, 0.2) is 53.0 Å². The van der Waals surface area contributed by atoms with Gasteiger partial charge in [-0.05, 0) is 61.6 Å². The lowest BCUT2D eigenvalue weighted by molar-refractivity contribution is 0.517. The number of benzene rings is 2. The molecule has 1 unspecified atom stereocenters. The summed E-state index contributed by atoms with van der Waals surface area (Å²) < 4.78 is 6.06. The van der Waals surface area contributed by atoms with E-state index in [-0.39, 0.29) is 0 Å². The summed E-state index contributed by atoms with van der Waals surface area (Å²) in [6.45, 7) is 10.5. The molecule has 0 amide bonds. The number of hydrogen-bond donors (Lipinski definition) is 0. The number of unbranched alkanes of at least 4 members (excludes halogenated alkanes) is 2. The van der Waals surface area contributed by atoms with Crippen molar-refractivity contribution in [1.29, 1.82) is 0 Å². The van der Waals surface area contributed by atoms with Gasteiger partial charge in [0.25, 0.3) is 0 Å². The lowest BCUT2D eigenvalue weighted by atomic mass is 9.95. The predicted octanol–water partition coefficient (Wildman–Crippen LogP) is 7.29. The Morgan fingerprint density at radius 1 is 1.11 bits per heavy atom. The molecule has 0 aliphatic carbocycles. The quantitative estimate of drug-likeness (QED) is 0.180. The van der Waals surface area contributed by atoms with Gasteiger partial charge in [-0.15, -0.1) is 0 Å². The van der Waals surface area contributed by atoms with E-state index in [1.807, 2.05) is 37.4 Å². The van der Waals surface area contributed by atoms with Crippen LogP contribution in [0, 0.1) is 0 Å². The molecule has 1 atom stereocenters. The van der Waals surface area contributed by atoms with Crippen LogP contribution in [0.4, 0.5) is 11.4 Å². The van der Waals surface area contributed by atoms with Crippen LogP contribution in [0.2, 0.25) is 0 Å². The zero-order valence-corrected chi connectivity index (χ0v) is 18.4. The van der Waals surface area contributed by atoms with E-state index in [2.05, 4.69) is 51.8 Å². The van der Waals surface area contributed by atoms with Crippen molar-refractivity contribution in [3.8, 4) is 5.75 Å². The van der Waals surface area contributed by atoms with Crippen molar-refractivity contribution in [1.82, 2.24) is 0 Å². The molecule has 0 saturated heterocycles. The third-order valence-electron chi connectivity index (χ3n) is 4.60. The number of aryl methyl sites for hydroxylation is 2. The van der Waals surface area contributed by atoms with Gasteiger partial charge in [0.15, 0.2) is 0 Å². The minimum Gasteiger partial charge on any atom is -0.457 e. The van der Waals surface area contributed by atoms with Crippen LogP contribution in [0.1, 0.15) is 56.7 Å². The number of nitrogens with zero attached hydrogens (tertiary/aromatic N) is 2. The van der Waals surface area contributed by atoms with Gasteiger partial charge in [0.05, 0.1) is 11.4 Å². The molecule has 0 radical (unpaired) electrons. The Balaban J connectivity index is 2.34. The van der Waals surface area contributed by atoms with Crippen molar-refractivity contribution in [2.24, 2.45) is 9.98 Å². The number of hydrogen-bond acceptors (Lipinski definition) is 3. The maximum absolute atomic E-state index is 6.06. The summed E-state index contributed by atoms with van der Waals surface area (Å²) in [5.41, 5.74) is 5.41. The highest BCUT2D eigenvalue weighted by Crippen LogP contribution is 2.33. The maximum Gasteiger partial charge on any atom is 0.129 e. The Hall–Kier alpha value is -2.25. The van der Waals surface area contributed by atoms with Crippen LogP contribution in [0.25, 0.3) is 5.76 Å². The monoisotopic (exact) mass is 394 g/mol. The van der Waals surface area contributed by atoms with Crippen molar-refractivity contribution in [2.75, 3.05) is 0 Å². The fourth-order valence-electron chi connectivity index (χ4n) is 3.18. The molecule has 4 heteroatoms. The second-order valence-electron chi connectivity index (χ2n) is 6.64. The minimum atomic E-state index is 0.599. The summed E-state index contributed by atoms with van der Waals surface area (Å²) in [5, 5.41) is 0. The molecule has 28 heavy (non-hydrogen) atoms. The van der Waals surface area contributed by atoms with E-state index in [4.69, 9.17) is 4.74 Å². The summed E-state index contributed by atoms with van der Waals surface area (Å²) in [7, 11) is 2.48. The zero-order valence-electron chi connectivity index (χ0n) is 17.2. The Morgan fingerprint density at radius 2 is 1.93 bits per heavy atom. The number of aliphatic imine (C=N–C) groups is 2. The van der Waals surface area contributed by atoms with Gasteiger partial charge in [-0.1, -0.05) is 48.6 Å². The molecular weight excluding hydrogens is 363 g/mol. The van der Waals surface area contributed by atoms with E-state index in [9.17, 15) is 0 Å². The zero-order chi connectivity index (χ0) is 20.4. The van der Waals surface area contributed by atoms with Crippen LogP contribution in [0.5, 0.6) is 5.75 Å². The van der Waals surface area contributed by atoms with Gasteiger partial charge in [-0.2, -0.15) is 0 Å². The fourth-order valence-corrected chi connectivity index (χ4v) is 3.36. The lowest BCUT2D eigenvalue weighted by Gasteiger charge is -2.16. The second kappa shape index (κ2) is 11.6. The Labute approximate surface area is 171 Å². The summed E-state index contributed by atoms with van der Waals surface area (Å²) >= 11 is 0. The molecule has 2 rings (SSSR count). The summed E-state index contributed by atoms with van der Waals surface area (Å²) in [6.07, 6.45) is 7.58. The summed E-state index contributed by atoms with van der Waals surface area (Å²) in [5.74, 6) is 3.00. The fraction of sp³-hybridized carbons (Fsp3) is 0.333. The predicted molar refractivity (Wildman–Crippen MR) is 127 cm³/mol. The van der Waals surface area contributed by atoms with Crippen molar-refractivity contribution in [2.45, 2.75) is 52.9 Å². The normalized spacial score (nSPS) is 11.4. The van der Waals surface area contributed by atoms with Crippen LogP contribution in [0.3, 0.4) is 0 Å².